The summed E-state index contributed by atoms with van der Waals surface area (Å²) in [5.41, 5.74) is -0.661. The molecule has 1 fully saturated rings. The minimum absolute atomic E-state index is 0.0159. The quantitative estimate of drug-likeness (QED) is 0.757. The van der Waals surface area contributed by atoms with E-state index in [0.29, 0.717) is 25.7 Å². The van der Waals surface area contributed by atoms with Crippen LogP contribution < -0.4 is 10.6 Å². The van der Waals surface area contributed by atoms with Crippen LogP contribution >= 0.6 is 0 Å². The maximum Gasteiger partial charge on any atom is 0.271 e. The maximum absolute atomic E-state index is 13.7. The lowest BCUT2D eigenvalue weighted by Gasteiger charge is -2.22. The Morgan fingerprint density at radius 1 is 1.19 bits per heavy atom. The first kappa shape index (κ1) is 18.0. The molecule has 1 aliphatic heterocycles. The lowest BCUT2D eigenvalue weighted by atomic mass is 10.0. The van der Waals surface area contributed by atoms with E-state index in [1.54, 1.807) is 0 Å². The van der Waals surface area contributed by atoms with Gasteiger partial charge in [-0.15, -0.1) is 0 Å². The number of ether oxygens (including phenoxy) is 1. The van der Waals surface area contributed by atoms with E-state index in [-0.39, 0.29) is 11.4 Å². The fourth-order valence-corrected chi connectivity index (χ4v) is 2.73. The van der Waals surface area contributed by atoms with Crippen molar-refractivity contribution in [2.45, 2.75) is 12.8 Å². The zero-order chi connectivity index (χ0) is 18.5. The molecule has 0 saturated carbocycles. The van der Waals surface area contributed by atoms with E-state index in [2.05, 4.69) is 20.8 Å². The van der Waals surface area contributed by atoms with Crippen molar-refractivity contribution in [3.05, 3.63) is 47.3 Å². The van der Waals surface area contributed by atoms with Crippen molar-refractivity contribution in [2.75, 3.05) is 25.1 Å². The molecule has 7 nitrogen and oxygen atoms in total. The molecule has 2 aromatic rings. The van der Waals surface area contributed by atoms with Crippen molar-refractivity contribution in [3.63, 3.8) is 0 Å². The van der Waals surface area contributed by atoms with Crippen LogP contribution in [0.3, 0.4) is 0 Å². The van der Waals surface area contributed by atoms with Crippen LogP contribution in [0.2, 0.25) is 0 Å². The van der Waals surface area contributed by atoms with E-state index in [1.165, 1.54) is 6.20 Å². The van der Waals surface area contributed by atoms with Gasteiger partial charge in [0.1, 0.15) is 22.9 Å². The molecule has 1 aliphatic rings. The molecule has 0 radical (unpaired) electrons. The van der Waals surface area contributed by atoms with Gasteiger partial charge < -0.3 is 15.4 Å². The van der Waals surface area contributed by atoms with Crippen LogP contribution in [0.1, 0.15) is 33.7 Å². The number of nitrogens with zero attached hydrogens (tertiary/aromatic N) is 1. The Labute approximate surface area is 148 Å². The van der Waals surface area contributed by atoms with Crippen LogP contribution in [0.15, 0.2) is 24.4 Å². The van der Waals surface area contributed by atoms with Crippen LogP contribution in [0.25, 0.3) is 0 Å². The molecule has 1 aromatic heterocycles. The second kappa shape index (κ2) is 8.05. The molecule has 0 unspecified atom stereocenters. The molecular weight excluding hydrogens is 346 g/mol. The lowest BCUT2D eigenvalue weighted by Crippen LogP contribution is -2.33. The molecule has 0 bridgehead atoms. The normalized spacial score (nSPS) is 14.8. The van der Waals surface area contributed by atoms with E-state index in [0.717, 1.165) is 31.0 Å². The molecule has 138 valence electrons. The topological polar surface area (TPSA) is 96.1 Å². The first-order chi connectivity index (χ1) is 12.6. The Balaban J connectivity index is 1.66. The lowest BCUT2D eigenvalue weighted by molar-refractivity contribution is 0.0642. The highest BCUT2D eigenvalue weighted by Crippen LogP contribution is 2.18. The van der Waals surface area contributed by atoms with Crippen molar-refractivity contribution in [2.24, 2.45) is 5.92 Å². The van der Waals surface area contributed by atoms with Gasteiger partial charge in [0.05, 0.1) is 11.9 Å². The third-order valence-corrected chi connectivity index (χ3v) is 4.20. The van der Waals surface area contributed by atoms with Crippen LogP contribution in [-0.4, -0.2) is 41.8 Å². The van der Waals surface area contributed by atoms with E-state index in [9.17, 15) is 18.4 Å². The molecular formula is C17H18F2N4O3. The monoisotopic (exact) mass is 364 g/mol. The second-order valence-corrected chi connectivity index (χ2v) is 5.98. The molecule has 1 saturated heterocycles. The van der Waals surface area contributed by atoms with Crippen molar-refractivity contribution in [1.82, 2.24) is 15.5 Å². The summed E-state index contributed by atoms with van der Waals surface area (Å²) in [6.45, 7) is 1.80. The summed E-state index contributed by atoms with van der Waals surface area (Å²) in [6, 6.07) is 3.12. The Morgan fingerprint density at radius 3 is 2.58 bits per heavy atom. The van der Waals surface area contributed by atoms with E-state index >= 15 is 0 Å². The molecule has 9 heteroatoms. The van der Waals surface area contributed by atoms with Gasteiger partial charge in [-0.25, -0.2) is 8.78 Å². The standard InChI is InChI=1S/C17H18F2N4O3/c18-11-2-1-3-12(19)14(11)16(24)22-13-9-21-23-15(13)17(25)20-8-10-4-6-26-7-5-10/h1-3,9-10H,4-8H2,(H,20,25)(H,21,23)(H,22,24). The zero-order valence-electron chi connectivity index (χ0n) is 13.9. The molecule has 2 heterocycles. The molecule has 1 aromatic carbocycles. The van der Waals surface area contributed by atoms with Gasteiger partial charge in [-0.2, -0.15) is 5.10 Å². The number of halogens is 2. The molecule has 26 heavy (non-hydrogen) atoms. The predicted molar refractivity (Wildman–Crippen MR) is 88.8 cm³/mol. The number of amides is 2. The van der Waals surface area contributed by atoms with E-state index in [4.69, 9.17) is 4.74 Å². The maximum atomic E-state index is 13.7. The van der Waals surface area contributed by atoms with Crippen molar-refractivity contribution in [3.8, 4) is 0 Å². The van der Waals surface area contributed by atoms with Crippen LogP contribution in [-0.2, 0) is 4.74 Å². The molecule has 2 amide bonds. The Morgan fingerprint density at radius 2 is 1.88 bits per heavy atom. The number of aromatic amines is 1. The number of H-pyrrole nitrogens is 1. The number of carbonyl (C=O) groups excluding carboxylic acids is 2. The number of anilines is 1. The average Bonchev–Trinajstić information content (AvgIpc) is 3.08. The highest BCUT2D eigenvalue weighted by atomic mass is 19.1. The minimum atomic E-state index is -1.000. The Bertz CT molecular complexity index is 783. The third-order valence-electron chi connectivity index (χ3n) is 4.20. The van der Waals surface area contributed by atoms with Crippen LogP contribution in [0.4, 0.5) is 14.5 Å². The van der Waals surface area contributed by atoms with Gasteiger partial charge in [0.25, 0.3) is 11.8 Å². The number of carbonyl (C=O) groups is 2. The molecule has 0 atom stereocenters. The smallest absolute Gasteiger partial charge is 0.271 e. The van der Waals surface area contributed by atoms with Gasteiger partial charge in [0.15, 0.2) is 0 Å². The van der Waals surface area contributed by atoms with Crippen molar-refractivity contribution < 1.29 is 23.1 Å². The van der Waals surface area contributed by atoms with E-state index in [1.807, 2.05) is 0 Å². The summed E-state index contributed by atoms with van der Waals surface area (Å²) >= 11 is 0. The van der Waals surface area contributed by atoms with Gasteiger partial charge in [-0.05, 0) is 30.9 Å². The number of aromatic nitrogens is 2. The first-order valence-corrected chi connectivity index (χ1v) is 8.21. The van der Waals surface area contributed by atoms with Crippen molar-refractivity contribution in [1.29, 1.82) is 0 Å². The van der Waals surface area contributed by atoms with Gasteiger partial charge in [0, 0.05) is 19.8 Å². The van der Waals surface area contributed by atoms with Crippen molar-refractivity contribution >= 4 is 17.5 Å². The van der Waals surface area contributed by atoms with Gasteiger partial charge in [-0.3, -0.25) is 14.7 Å². The minimum Gasteiger partial charge on any atom is -0.381 e. The fourth-order valence-electron chi connectivity index (χ4n) is 2.73. The summed E-state index contributed by atoms with van der Waals surface area (Å²) in [6.07, 6.45) is 2.93. The average molecular weight is 364 g/mol. The third kappa shape index (κ3) is 4.05. The summed E-state index contributed by atoms with van der Waals surface area (Å²) in [4.78, 5) is 24.5. The second-order valence-electron chi connectivity index (χ2n) is 5.98. The molecule has 3 N–H and O–H groups in total. The van der Waals surface area contributed by atoms with Gasteiger partial charge in [0.2, 0.25) is 0 Å². The number of nitrogens with one attached hydrogen (secondary N) is 3. The SMILES string of the molecule is O=C(NCC1CCOCC1)c1[nH]ncc1NC(=O)c1c(F)cccc1F. The fraction of sp³-hybridized carbons (Fsp3) is 0.353. The van der Waals surface area contributed by atoms with Gasteiger partial charge in [-0.1, -0.05) is 6.07 Å². The molecule has 0 spiro atoms. The van der Waals surface area contributed by atoms with Crippen LogP contribution in [0.5, 0.6) is 0 Å². The Hall–Kier alpha value is -2.81. The highest BCUT2D eigenvalue weighted by Gasteiger charge is 2.22. The molecule has 3 rings (SSSR count). The summed E-state index contributed by atoms with van der Waals surface area (Å²) < 4.78 is 32.7. The summed E-state index contributed by atoms with van der Waals surface area (Å²) in [5, 5.41) is 11.3. The number of benzene rings is 1. The first-order valence-electron chi connectivity index (χ1n) is 8.21. The summed E-state index contributed by atoms with van der Waals surface area (Å²) in [7, 11) is 0. The largest absolute Gasteiger partial charge is 0.381 e. The highest BCUT2D eigenvalue weighted by molar-refractivity contribution is 6.08. The van der Waals surface area contributed by atoms with Crippen LogP contribution in [0, 0.1) is 17.6 Å². The number of rotatable bonds is 5. The van der Waals surface area contributed by atoms with E-state index < -0.39 is 29.0 Å². The number of hydrogen-bond donors (Lipinski definition) is 3. The molecule has 0 aliphatic carbocycles. The number of hydrogen-bond acceptors (Lipinski definition) is 4. The van der Waals surface area contributed by atoms with Gasteiger partial charge >= 0.3 is 0 Å². The predicted octanol–water partition coefficient (Wildman–Crippen LogP) is 2.10. The summed E-state index contributed by atoms with van der Waals surface area (Å²) in [5.74, 6) is -3.12. The zero-order valence-corrected chi connectivity index (χ0v) is 13.9. The Kier molecular flexibility index (Phi) is 5.57.